The lowest BCUT2D eigenvalue weighted by Gasteiger charge is -2.40. The van der Waals surface area contributed by atoms with Crippen LogP contribution in [0.25, 0.3) is 0 Å². The highest BCUT2D eigenvalue weighted by atomic mass is 16.7. The van der Waals surface area contributed by atoms with Crippen LogP contribution in [0.5, 0.6) is 0 Å². The number of carbonyl (C=O) groups excluding carboxylic acids is 1. The summed E-state index contributed by atoms with van der Waals surface area (Å²) in [6.07, 6.45) is 40.5. The number of hydrogen-bond donors (Lipinski definition) is 6. The van der Waals surface area contributed by atoms with Crippen molar-refractivity contribution in [3.63, 3.8) is 0 Å². The number of aliphatic hydroxyl groups excluding tert-OH is 5. The molecule has 9 nitrogen and oxygen atoms in total. The number of nitrogens with one attached hydrogen (secondary N) is 1. The predicted molar refractivity (Wildman–Crippen MR) is 235 cm³/mol. The minimum Gasteiger partial charge on any atom is -0.394 e. The van der Waals surface area contributed by atoms with Crippen LogP contribution in [-0.2, 0) is 14.3 Å². The summed E-state index contributed by atoms with van der Waals surface area (Å²) in [7, 11) is 0. The molecule has 0 radical (unpaired) electrons. The molecule has 9 heteroatoms. The number of unbranched alkanes of at least 4 members (excludes halogenated alkanes) is 31. The minimum atomic E-state index is -1.56. The third-order valence-corrected chi connectivity index (χ3v) is 11.8. The van der Waals surface area contributed by atoms with Crippen molar-refractivity contribution in [2.75, 3.05) is 13.2 Å². The van der Waals surface area contributed by atoms with Crippen molar-refractivity contribution in [1.82, 2.24) is 5.32 Å². The molecule has 0 spiro atoms. The van der Waals surface area contributed by atoms with Crippen LogP contribution in [0, 0.1) is 0 Å². The van der Waals surface area contributed by atoms with Gasteiger partial charge in [-0.05, 0) is 19.3 Å². The van der Waals surface area contributed by atoms with Gasteiger partial charge in [-0.25, -0.2) is 0 Å². The van der Waals surface area contributed by atoms with Crippen molar-refractivity contribution in [2.24, 2.45) is 0 Å². The van der Waals surface area contributed by atoms with Crippen LogP contribution in [0.3, 0.4) is 0 Å². The molecule has 1 heterocycles. The third-order valence-electron chi connectivity index (χ3n) is 11.8. The average molecular weight is 812 g/mol. The van der Waals surface area contributed by atoms with Gasteiger partial charge in [-0.1, -0.05) is 219 Å². The maximum Gasteiger partial charge on any atom is 0.220 e. The summed E-state index contributed by atoms with van der Waals surface area (Å²) in [5, 5.41) is 53.3. The molecule has 0 saturated carbocycles. The smallest absolute Gasteiger partial charge is 0.220 e. The first kappa shape index (κ1) is 53.9. The van der Waals surface area contributed by atoms with Gasteiger partial charge in [0.2, 0.25) is 5.91 Å². The van der Waals surface area contributed by atoms with Gasteiger partial charge >= 0.3 is 0 Å². The van der Waals surface area contributed by atoms with E-state index in [1.807, 2.05) is 13.0 Å². The molecular weight excluding hydrogens is 719 g/mol. The first-order valence-corrected chi connectivity index (χ1v) is 24.4. The van der Waals surface area contributed by atoms with Crippen LogP contribution in [0.2, 0.25) is 0 Å². The van der Waals surface area contributed by atoms with Gasteiger partial charge in [0.25, 0.3) is 0 Å². The number of rotatable bonds is 41. The molecule has 1 aliphatic rings. The lowest BCUT2D eigenvalue weighted by molar-refractivity contribution is -0.302. The number of amides is 1. The maximum absolute atomic E-state index is 12.3. The lowest BCUT2D eigenvalue weighted by atomic mass is 9.99. The average Bonchev–Trinajstić information content (AvgIpc) is 3.20. The Labute approximate surface area is 350 Å². The highest BCUT2D eigenvalue weighted by Crippen LogP contribution is 2.23. The van der Waals surface area contributed by atoms with Crippen molar-refractivity contribution in [2.45, 2.75) is 275 Å². The largest absolute Gasteiger partial charge is 0.394 e. The maximum atomic E-state index is 12.3. The summed E-state index contributed by atoms with van der Waals surface area (Å²) >= 11 is 0. The Hall–Kier alpha value is -1.07. The van der Waals surface area contributed by atoms with E-state index in [-0.39, 0.29) is 12.5 Å². The summed E-state index contributed by atoms with van der Waals surface area (Å²) in [6, 6.07) is -0.795. The molecule has 1 rings (SSSR count). The molecule has 1 fully saturated rings. The molecule has 338 valence electrons. The fourth-order valence-corrected chi connectivity index (χ4v) is 7.97. The van der Waals surface area contributed by atoms with E-state index < -0.39 is 49.5 Å². The molecular formula is C48H93NO8. The van der Waals surface area contributed by atoms with E-state index in [1.165, 1.54) is 186 Å². The van der Waals surface area contributed by atoms with E-state index in [0.29, 0.717) is 12.8 Å². The first-order chi connectivity index (χ1) is 27.8. The second-order valence-corrected chi connectivity index (χ2v) is 17.3. The third kappa shape index (κ3) is 29.7. The van der Waals surface area contributed by atoms with Crippen molar-refractivity contribution in [1.29, 1.82) is 0 Å². The van der Waals surface area contributed by atoms with Crippen molar-refractivity contribution in [3.05, 3.63) is 12.2 Å². The van der Waals surface area contributed by atoms with Crippen molar-refractivity contribution >= 4 is 5.91 Å². The van der Waals surface area contributed by atoms with Crippen LogP contribution in [0.15, 0.2) is 12.2 Å². The van der Waals surface area contributed by atoms with Gasteiger partial charge in [0, 0.05) is 6.42 Å². The molecule has 57 heavy (non-hydrogen) atoms. The standard InChI is InChI=1S/C48H93NO8/c1-3-5-6-7-8-9-10-11-12-13-14-15-16-17-18-19-20-21-22-23-24-25-26-27-28-29-30-31-32-33-34-35-36-38-42(51)41(49-44(52)37-4-2)40-56-48-47(55)46(54)45(53)43(39-50)57-48/h36,38,41-43,45-48,50-51,53-55H,3-35,37,39-40H2,1-2H3,(H,49,52)/b38-36+. The van der Waals surface area contributed by atoms with Gasteiger partial charge in [0.15, 0.2) is 6.29 Å². The second kappa shape index (κ2) is 39.1. The Morgan fingerprint density at radius 3 is 1.33 bits per heavy atom. The predicted octanol–water partition coefficient (Wildman–Crippen LogP) is 10.5. The van der Waals surface area contributed by atoms with Crippen LogP contribution >= 0.6 is 0 Å². The number of ether oxygens (including phenoxy) is 2. The zero-order valence-corrected chi connectivity index (χ0v) is 37.1. The summed E-state index contributed by atoms with van der Waals surface area (Å²) in [5.41, 5.74) is 0. The summed E-state index contributed by atoms with van der Waals surface area (Å²) in [4.78, 5) is 12.3. The topological polar surface area (TPSA) is 149 Å². The van der Waals surface area contributed by atoms with Gasteiger partial charge in [0.05, 0.1) is 25.4 Å². The SMILES string of the molecule is CCCCCCCCCCCCCCCCCCCCCCCCCCCCCCCCC/C=C/C(O)C(COC1OC(CO)C(O)C(O)C1O)NC(=O)CCC. The van der Waals surface area contributed by atoms with E-state index >= 15 is 0 Å². The molecule has 1 saturated heterocycles. The summed E-state index contributed by atoms with van der Waals surface area (Å²) in [6.45, 7) is 3.43. The number of carbonyl (C=O) groups is 1. The quantitative estimate of drug-likeness (QED) is 0.0264. The van der Waals surface area contributed by atoms with Crippen LogP contribution in [-0.4, -0.2) is 87.5 Å². The van der Waals surface area contributed by atoms with E-state index in [9.17, 15) is 30.3 Å². The molecule has 0 aromatic heterocycles. The van der Waals surface area contributed by atoms with Crippen LogP contribution in [0.1, 0.15) is 232 Å². The van der Waals surface area contributed by atoms with Crippen LogP contribution in [0.4, 0.5) is 0 Å². The Morgan fingerprint density at radius 1 is 0.579 bits per heavy atom. The van der Waals surface area contributed by atoms with Crippen LogP contribution < -0.4 is 5.32 Å². The van der Waals surface area contributed by atoms with Gasteiger partial charge in [-0.15, -0.1) is 0 Å². The molecule has 0 aromatic rings. The summed E-state index contributed by atoms with van der Waals surface area (Å²) < 4.78 is 11.0. The Morgan fingerprint density at radius 2 is 0.965 bits per heavy atom. The fraction of sp³-hybridized carbons (Fsp3) is 0.938. The molecule has 0 aromatic carbocycles. The van der Waals surface area contributed by atoms with Crippen molar-refractivity contribution in [3.8, 4) is 0 Å². The molecule has 7 unspecified atom stereocenters. The molecule has 1 amide bonds. The molecule has 1 aliphatic heterocycles. The monoisotopic (exact) mass is 812 g/mol. The minimum absolute atomic E-state index is 0.191. The number of aliphatic hydroxyl groups is 5. The zero-order chi connectivity index (χ0) is 41.6. The van der Waals surface area contributed by atoms with Gasteiger partial charge in [-0.3, -0.25) is 4.79 Å². The molecule has 0 aliphatic carbocycles. The van der Waals surface area contributed by atoms with E-state index in [1.54, 1.807) is 6.08 Å². The molecule has 7 atom stereocenters. The van der Waals surface area contributed by atoms with E-state index in [0.717, 1.165) is 19.3 Å². The Kier molecular flexibility index (Phi) is 37.0. The normalized spacial score (nSPS) is 21.0. The number of allylic oxidation sites excluding steroid dienone is 1. The molecule has 6 N–H and O–H groups in total. The second-order valence-electron chi connectivity index (χ2n) is 17.3. The molecule has 0 bridgehead atoms. The highest BCUT2D eigenvalue weighted by Gasteiger charge is 2.44. The lowest BCUT2D eigenvalue weighted by Crippen LogP contribution is -2.60. The number of hydrogen-bond acceptors (Lipinski definition) is 8. The van der Waals surface area contributed by atoms with E-state index in [2.05, 4.69) is 12.2 Å². The Balaban J connectivity index is 1.93. The highest BCUT2D eigenvalue weighted by molar-refractivity contribution is 5.76. The van der Waals surface area contributed by atoms with Gasteiger partial charge in [0.1, 0.15) is 24.4 Å². The van der Waals surface area contributed by atoms with Gasteiger partial charge < -0.3 is 40.3 Å². The summed E-state index contributed by atoms with van der Waals surface area (Å²) in [5.74, 6) is -0.228. The first-order valence-electron chi connectivity index (χ1n) is 24.4. The fourth-order valence-electron chi connectivity index (χ4n) is 7.97. The van der Waals surface area contributed by atoms with E-state index in [4.69, 9.17) is 9.47 Å². The van der Waals surface area contributed by atoms with Crippen molar-refractivity contribution < 1.29 is 39.8 Å². The Bertz CT molecular complexity index is 904. The van der Waals surface area contributed by atoms with Gasteiger partial charge in [-0.2, -0.15) is 0 Å². The zero-order valence-electron chi connectivity index (χ0n) is 37.1.